The lowest BCUT2D eigenvalue weighted by molar-refractivity contribution is -0.127. The van der Waals surface area contributed by atoms with Crippen LogP contribution in [0.5, 0.6) is 0 Å². The molecule has 0 bridgehead atoms. The number of anilines is 2. The molecule has 1 aromatic carbocycles. The summed E-state index contributed by atoms with van der Waals surface area (Å²) in [6.45, 7) is 7.75. The molecule has 2 aromatic rings. The van der Waals surface area contributed by atoms with Gasteiger partial charge in [0.1, 0.15) is 11.9 Å². The maximum absolute atomic E-state index is 12.8. The summed E-state index contributed by atoms with van der Waals surface area (Å²) in [6, 6.07) is 12.7. The number of likely N-dealkylation sites (N-methyl/N-ethyl adjacent to an activating group) is 1. The number of hydrogen-bond donors (Lipinski definition) is 2. The second kappa shape index (κ2) is 10.2. The molecule has 2 heterocycles. The van der Waals surface area contributed by atoms with Crippen molar-refractivity contribution in [2.45, 2.75) is 26.3 Å². The van der Waals surface area contributed by atoms with Crippen molar-refractivity contribution >= 4 is 23.3 Å². The highest BCUT2D eigenvalue weighted by Gasteiger charge is 2.24. The smallest absolute Gasteiger partial charge is 0.247 e. The fourth-order valence-electron chi connectivity index (χ4n) is 3.44. The van der Waals surface area contributed by atoms with E-state index in [4.69, 9.17) is 0 Å². The van der Waals surface area contributed by atoms with E-state index in [-0.39, 0.29) is 24.2 Å². The van der Waals surface area contributed by atoms with Crippen LogP contribution in [0, 0.1) is 5.92 Å². The van der Waals surface area contributed by atoms with Gasteiger partial charge in [0.15, 0.2) is 0 Å². The molecular formula is C23H31N5O2. The van der Waals surface area contributed by atoms with Crippen LogP contribution < -0.4 is 15.5 Å². The minimum atomic E-state index is -0.612. The number of aromatic nitrogens is 1. The second-order valence-electron chi connectivity index (χ2n) is 8.14. The van der Waals surface area contributed by atoms with Gasteiger partial charge in [-0.05, 0) is 30.7 Å². The van der Waals surface area contributed by atoms with Crippen LogP contribution in [0.15, 0.2) is 48.7 Å². The lowest BCUT2D eigenvalue weighted by atomic mass is 10.0. The Morgan fingerprint density at radius 2 is 1.73 bits per heavy atom. The van der Waals surface area contributed by atoms with Crippen LogP contribution in [0.2, 0.25) is 0 Å². The van der Waals surface area contributed by atoms with E-state index < -0.39 is 6.04 Å². The summed E-state index contributed by atoms with van der Waals surface area (Å²) in [7, 11) is 2.12. The molecule has 1 aliphatic rings. The minimum Gasteiger partial charge on any atom is -0.354 e. The molecule has 30 heavy (non-hydrogen) atoms. The first-order valence-corrected chi connectivity index (χ1v) is 10.5. The predicted octanol–water partition coefficient (Wildman–Crippen LogP) is 2.16. The third-order valence-electron chi connectivity index (χ3n) is 5.32. The number of benzene rings is 1. The summed E-state index contributed by atoms with van der Waals surface area (Å²) in [6.07, 6.45) is 1.92. The minimum absolute atomic E-state index is 0.0395. The van der Waals surface area contributed by atoms with E-state index in [1.54, 1.807) is 6.20 Å². The standard InChI is InChI=1S/C23H31N5O2/c1-17(2)22(26-21(29)15-18-7-5-4-6-8-18)23(30)25-19-9-10-20(24-16-19)28-13-11-27(3)12-14-28/h4-10,16-17,22H,11-15H2,1-3H3,(H,25,30)(H,26,29). The van der Waals surface area contributed by atoms with Crippen molar-refractivity contribution in [2.75, 3.05) is 43.4 Å². The highest BCUT2D eigenvalue weighted by atomic mass is 16.2. The zero-order valence-corrected chi connectivity index (χ0v) is 18.0. The van der Waals surface area contributed by atoms with Crippen molar-refractivity contribution < 1.29 is 9.59 Å². The predicted molar refractivity (Wildman–Crippen MR) is 119 cm³/mol. The molecule has 2 amide bonds. The average Bonchev–Trinajstić information content (AvgIpc) is 2.73. The van der Waals surface area contributed by atoms with Crippen molar-refractivity contribution in [3.8, 4) is 0 Å². The molecule has 7 nitrogen and oxygen atoms in total. The fraction of sp³-hybridized carbons (Fsp3) is 0.435. The highest BCUT2D eigenvalue weighted by Crippen LogP contribution is 2.16. The number of pyridine rings is 1. The van der Waals surface area contributed by atoms with Gasteiger partial charge in [0.05, 0.1) is 18.3 Å². The normalized spacial score (nSPS) is 15.7. The average molecular weight is 410 g/mol. The third kappa shape index (κ3) is 6.03. The number of piperazine rings is 1. The number of amides is 2. The van der Waals surface area contributed by atoms with E-state index in [0.29, 0.717) is 5.69 Å². The molecule has 160 valence electrons. The SMILES string of the molecule is CC(C)C(NC(=O)Cc1ccccc1)C(=O)Nc1ccc(N2CCN(C)CC2)nc1. The van der Waals surface area contributed by atoms with Gasteiger partial charge in [-0.1, -0.05) is 44.2 Å². The molecule has 1 unspecified atom stereocenters. The summed E-state index contributed by atoms with van der Waals surface area (Å²) < 4.78 is 0. The summed E-state index contributed by atoms with van der Waals surface area (Å²) in [4.78, 5) is 34.3. The molecule has 0 saturated carbocycles. The van der Waals surface area contributed by atoms with E-state index in [2.05, 4.69) is 32.5 Å². The largest absolute Gasteiger partial charge is 0.354 e. The Kier molecular flexibility index (Phi) is 7.41. The molecule has 1 atom stereocenters. The third-order valence-corrected chi connectivity index (χ3v) is 5.32. The van der Waals surface area contributed by atoms with Gasteiger partial charge >= 0.3 is 0 Å². The van der Waals surface area contributed by atoms with Crippen molar-refractivity contribution in [1.82, 2.24) is 15.2 Å². The van der Waals surface area contributed by atoms with Crippen LogP contribution >= 0.6 is 0 Å². The molecule has 3 rings (SSSR count). The van der Waals surface area contributed by atoms with Crippen LogP contribution in [-0.2, 0) is 16.0 Å². The van der Waals surface area contributed by atoms with Gasteiger partial charge in [0, 0.05) is 26.2 Å². The van der Waals surface area contributed by atoms with E-state index in [9.17, 15) is 9.59 Å². The van der Waals surface area contributed by atoms with Crippen LogP contribution in [0.3, 0.4) is 0 Å². The van der Waals surface area contributed by atoms with Gasteiger partial charge in [0.2, 0.25) is 11.8 Å². The number of carbonyl (C=O) groups is 2. The quantitative estimate of drug-likeness (QED) is 0.733. The zero-order valence-electron chi connectivity index (χ0n) is 18.0. The van der Waals surface area contributed by atoms with E-state index in [1.807, 2.05) is 56.3 Å². The molecule has 2 N–H and O–H groups in total. The second-order valence-corrected chi connectivity index (χ2v) is 8.14. The Morgan fingerprint density at radius 3 is 2.33 bits per heavy atom. The Bertz CT molecular complexity index is 830. The summed E-state index contributed by atoms with van der Waals surface area (Å²) in [5, 5.41) is 5.75. The van der Waals surface area contributed by atoms with Gasteiger partial charge < -0.3 is 20.4 Å². The van der Waals surface area contributed by atoms with Gasteiger partial charge in [-0.25, -0.2) is 4.98 Å². The van der Waals surface area contributed by atoms with Crippen molar-refractivity contribution in [1.29, 1.82) is 0 Å². The lowest BCUT2D eigenvalue weighted by Gasteiger charge is -2.33. The first-order chi connectivity index (χ1) is 14.4. The molecule has 1 fully saturated rings. The van der Waals surface area contributed by atoms with Crippen LogP contribution in [0.1, 0.15) is 19.4 Å². The first kappa shape index (κ1) is 21.8. The molecule has 7 heteroatoms. The summed E-state index contributed by atoms with van der Waals surface area (Å²) in [5.41, 5.74) is 1.54. The Balaban J connectivity index is 1.57. The van der Waals surface area contributed by atoms with Gasteiger partial charge in [-0.2, -0.15) is 0 Å². The first-order valence-electron chi connectivity index (χ1n) is 10.5. The molecule has 0 radical (unpaired) electrons. The van der Waals surface area contributed by atoms with E-state index in [1.165, 1.54) is 0 Å². The van der Waals surface area contributed by atoms with Crippen LogP contribution in [0.25, 0.3) is 0 Å². The van der Waals surface area contributed by atoms with Gasteiger partial charge in [0.25, 0.3) is 0 Å². The molecule has 1 aliphatic heterocycles. The van der Waals surface area contributed by atoms with Crippen molar-refractivity contribution in [3.05, 3.63) is 54.2 Å². The van der Waals surface area contributed by atoms with Gasteiger partial charge in [-0.15, -0.1) is 0 Å². The number of rotatable bonds is 7. The fourth-order valence-corrected chi connectivity index (χ4v) is 3.44. The topological polar surface area (TPSA) is 77.6 Å². The Hall–Kier alpha value is -2.93. The summed E-state index contributed by atoms with van der Waals surface area (Å²) >= 11 is 0. The lowest BCUT2D eigenvalue weighted by Crippen LogP contribution is -2.47. The monoisotopic (exact) mass is 409 g/mol. The van der Waals surface area contributed by atoms with Crippen LogP contribution in [-0.4, -0.2) is 61.0 Å². The zero-order chi connectivity index (χ0) is 21.5. The van der Waals surface area contributed by atoms with Crippen molar-refractivity contribution in [3.63, 3.8) is 0 Å². The Labute approximate surface area is 178 Å². The number of nitrogens with one attached hydrogen (secondary N) is 2. The molecule has 1 aromatic heterocycles. The molecule has 0 aliphatic carbocycles. The molecule has 0 spiro atoms. The Morgan fingerprint density at radius 1 is 1.03 bits per heavy atom. The van der Waals surface area contributed by atoms with Crippen molar-refractivity contribution in [2.24, 2.45) is 5.92 Å². The van der Waals surface area contributed by atoms with E-state index >= 15 is 0 Å². The molecular weight excluding hydrogens is 378 g/mol. The van der Waals surface area contributed by atoms with Gasteiger partial charge in [-0.3, -0.25) is 9.59 Å². The molecule has 1 saturated heterocycles. The number of carbonyl (C=O) groups excluding carboxylic acids is 2. The van der Waals surface area contributed by atoms with E-state index in [0.717, 1.165) is 37.6 Å². The number of nitrogens with zero attached hydrogens (tertiary/aromatic N) is 3. The van der Waals surface area contributed by atoms with Crippen LogP contribution in [0.4, 0.5) is 11.5 Å². The summed E-state index contributed by atoms with van der Waals surface area (Å²) in [5.74, 6) is 0.471. The maximum Gasteiger partial charge on any atom is 0.247 e. The highest BCUT2D eigenvalue weighted by molar-refractivity contribution is 5.97. The maximum atomic E-state index is 12.8. The number of hydrogen-bond acceptors (Lipinski definition) is 5.